The lowest BCUT2D eigenvalue weighted by atomic mass is 9.96. The molecule has 0 unspecified atom stereocenters. The molecule has 3 heterocycles. The second kappa shape index (κ2) is 5.65. The molecule has 0 amide bonds. The number of halogens is 2. The molecule has 1 aliphatic heterocycles. The number of nitrogen functional groups attached to an aromatic ring is 1. The lowest BCUT2D eigenvalue weighted by molar-refractivity contribution is 0.459. The molecular weight excluding hydrogens is 349 g/mol. The van der Waals surface area contributed by atoms with Crippen molar-refractivity contribution in [1.29, 1.82) is 0 Å². The number of rotatable bonds is 2. The van der Waals surface area contributed by atoms with Crippen LogP contribution in [0.4, 0.5) is 5.82 Å². The van der Waals surface area contributed by atoms with Crippen LogP contribution in [-0.4, -0.2) is 24.9 Å². The van der Waals surface area contributed by atoms with Crippen molar-refractivity contribution in [2.24, 2.45) is 0 Å². The third-order valence-corrected chi connectivity index (χ3v) is 5.04. The van der Waals surface area contributed by atoms with Gasteiger partial charge in [-0.2, -0.15) is 0 Å². The Morgan fingerprint density at radius 3 is 2.75 bits per heavy atom. The Labute approximate surface area is 147 Å². The van der Waals surface area contributed by atoms with Crippen LogP contribution in [0.3, 0.4) is 0 Å². The highest BCUT2D eigenvalue weighted by Gasteiger charge is 2.31. The van der Waals surface area contributed by atoms with Gasteiger partial charge in [-0.25, -0.2) is 4.98 Å². The molecule has 0 aliphatic carbocycles. The van der Waals surface area contributed by atoms with Gasteiger partial charge >= 0.3 is 0 Å². The van der Waals surface area contributed by atoms with E-state index >= 15 is 0 Å². The summed E-state index contributed by atoms with van der Waals surface area (Å²) in [6.45, 7) is 0.607. The molecule has 2 aromatic heterocycles. The van der Waals surface area contributed by atoms with E-state index in [2.05, 4.69) is 15.2 Å². The first kappa shape index (κ1) is 15.2. The van der Waals surface area contributed by atoms with E-state index in [1.807, 2.05) is 10.6 Å². The van der Waals surface area contributed by atoms with Crippen molar-refractivity contribution in [3.8, 4) is 17.1 Å². The molecule has 0 spiro atoms. The van der Waals surface area contributed by atoms with Gasteiger partial charge in [-0.15, -0.1) is 10.2 Å². The molecule has 8 heteroatoms. The highest BCUT2D eigenvalue weighted by molar-refractivity contribution is 6.42. The minimum atomic E-state index is -0.0119. The van der Waals surface area contributed by atoms with E-state index in [1.165, 1.54) is 0 Å². The molecular formula is C16H13Cl2N5O. The fraction of sp³-hybridized carbons (Fsp3) is 0.188. The van der Waals surface area contributed by atoms with Crippen molar-refractivity contribution in [2.45, 2.75) is 18.9 Å². The third-order valence-electron chi connectivity index (χ3n) is 4.22. The number of aromatic hydroxyl groups is 1. The SMILES string of the molecule is Nc1ccc(-c2nnc3n2C[C@H](c2c(O)ccc(Cl)c2Cl)C3)cn1. The Morgan fingerprint density at radius 1 is 1.17 bits per heavy atom. The fourth-order valence-electron chi connectivity index (χ4n) is 3.07. The van der Waals surface area contributed by atoms with E-state index in [9.17, 15) is 5.11 Å². The van der Waals surface area contributed by atoms with Crippen LogP contribution >= 0.6 is 23.2 Å². The molecule has 122 valence electrons. The maximum Gasteiger partial charge on any atom is 0.165 e. The molecule has 24 heavy (non-hydrogen) atoms. The Bertz CT molecular complexity index is 923. The highest BCUT2D eigenvalue weighted by atomic mass is 35.5. The number of nitrogens with zero attached hydrogens (tertiary/aromatic N) is 4. The maximum atomic E-state index is 10.2. The van der Waals surface area contributed by atoms with Crippen molar-refractivity contribution in [2.75, 3.05) is 5.73 Å². The van der Waals surface area contributed by atoms with Crippen LogP contribution in [0, 0.1) is 0 Å². The highest BCUT2D eigenvalue weighted by Crippen LogP contribution is 2.42. The average molecular weight is 362 g/mol. The summed E-state index contributed by atoms with van der Waals surface area (Å²) in [7, 11) is 0. The van der Waals surface area contributed by atoms with Crippen LogP contribution in [0.25, 0.3) is 11.4 Å². The van der Waals surface area contributed by atoms with Gasteiger partial charge < -0.3 is 15.4 Å². The van der Waals surface area contributed by atoms with Crippen molar-refractivity contribution >= 4 is 29.0 Å². The van der Waals surface area contributed by atoms with Crippen molar-refractivity contribution in [3.05, 3.63) is 51.9 Å². The summed E-state index contributed by atoms with van der Waals surface area (Å²) in [5.41, 5.74) is 7.12. The van der Waals surface area contributed by atoms with Gasteiger partial charge in [-0.1, -0.05) is 23.2 Å². The van der Waals surface area contributed by atoms with E-state index in [4.69, 9.17) is 28.9 Å². The van der Waals surface area contributed by atoms with Gasteiger partial charge in [-0.3, -0.25) is 0 Å². The van der Waals surface area contributed by atoms with Crippen molar-refractivity contribution in [3.63, 3.8) is 0 Å². The summed E-state index contributed by atoms with van der Waals surface area (Å²) in [5.74, 6) is 2.14. The Kier molecular flexibility index (Phi) is 3.58. The lowest BCUT2D eigenvalue weighted by Gasteiger charge is -2.15. The van der Waals surface area contributed by atoms with Gasteiger partial charge in [0.1, 0.15) is 17.4 Å². The van der Waals surface area contributed by atoms with Crippen LogP contribution in [0.1, 0.15) is 17.3 Å². The summed E-state index contributed by atoms with van der Waals surface area (Å²) in [6.07, 6.45) is 2.30. The van der Waals surface area contributed by atoms with Gasteiger partial charge in [0.2, 0.25) is 0 Å². The first-order chi connectivity index (χ1) is 11.5. The van der Waals surface area contributed by atoms with E-state index in [-0.39, 0.29) is 11.7 Å². The fourth-order valence-corrected chi connectivity index (χ4v) is 3.55. The van der Waals surface area contributed by atoms with Crippen LogP contribution in [-0.2, 0) is 13.0 Å². The number of hydrogen-bond acceptors (Lipinski definition) is 5. The lowest BCUT2D eigenvalue weighted by Crippen LogP contribution is -2.05. The first-order valence-corrected chi connectivity index (χ1v) is 8.11. The number of nitrogens with two attached hydrogens (primary N) is 1. The van der Waals surface area contributed by atoms with Crippen molar-refractivity contribution in [1.82, 2.24) is 19.7 Å². The number of fused-ring (bicyclic) bond motifs is 1. The van der Waals surface area contributed by atoms with Gasteiger partial charge in [0.05, 0.1) is 10.0 Å². The van der Waals surface area contributed by atoms with Crippen molar-refractivity contribution < 1.29 is 5.11 Å². The van der Waals surface area contributed by atoms with E-state index in [1.54, 1.807) is 24.4 Å². The number of anilines is 1. The zero-order valence-electron chi connectivity index (χ0n) is 12.4. The standard InChI is InChI=1S/C16H13Cl2N5O/c17-10-2-3-11(24)14(15(10)18)9-5-13-21-22-16(23(13)7-9)8-1-4-12(19)20-6-8/h1-4,6,9,24H,5,7H2,(H2,19,20)/t9-/m1/s1. The van der Waals surface area contributed by atoms with Gasteiger partial charge in [0, 0.05) is 36.2 Å². The van der Waals surface area contributed by atoms with Crippen LogP contribution in [0.15, 0.2) is 30.5 Å². The number of aromatic nitrogens is 4. The molecule has 0 saturated carbocycles. The molecule has 0 radical (unpaired) electrons. The summed E-state index contributed by atoms with van der Waals surface area (Å²) in [4.78, 5) is 4.10. The largest absolute Gasteiger partial charge is 0.508 e. The molecule has 1 aliphatic rings. The first-order valence-electron chi connectivity index (χ1n) is 7.35. The zero-order chi connectivity index (χ0) is 16.8. The van der Waals surface area contributed by atoms with Gasteiger partial charge in [0.15, 0.2) is 5.82 Å². The number of phenolic OH excluding ortho intramolecular Hbond substituents is 1. The van der Waals surface area contributed by atoms with Crippen LogP contribution in [0.5, 0.6) is 5.75 Å². The van der Waals surface area contributed by atoms with E-state index < -0.39 is 0 Å². The molecule has 0 saturated heterocycles. The molecule has 1 aromatic carbocycles. The number of phenols is 1. The van der Waals surface area contributed by atoms with Gasteiger partial charge in [-0.05, 0) is 24.3 Å². The van der Waals surface area contributed by atoms with Crippen LogP contribution < -0.4 is 5.73 Å². The quantitative estimate of drug-likeness (QED) is 0.730. The molecule has 6 nitrogen and oxygen atoms in total. The summed E-state index contributed by atoms with van der Waals surface area (Å²) in [6, 6.07) is 6.73. The minimum Gasteiger partial charge on any atom is -0.508 e. The monoisotopic (exact) mass is 361 g/mol. The van der Waals surface area contributed by atoms with E-state index in [0.717, 1.165) is 17.2 Å². The molecule has 0 fully saturated rings. The smallest absolute Gasteiger partial charge is 0.165 e. The molecule has 1 atom stereocenters. The Hall–Kier alpha value is -2.31. The second-order valence-electron chi connectivity index (χ2n) is 5.72. The molecule has 3 aromatic rings. The molecule has 4 rings (SSSR count). The molecule has 3 N–H and O–H groups in total. The minimum absolute atomic E-state index is 0.0119. The number of benzene rings is 1. The second-order valence-corrected chi connectivity index (χ2v) is 6.50. The maximum absolute atomic E-state index is 10.2. The topological polar surface area (TPSA) is 89.8 Å². The zero-order valence-corrected chi connectivity index (χ0v) is 14.0. The predicted molar refractivity (Wildman–Crippen MR) is 92.2 cm³/mol. The average Bonchev–Trinajstić information content (AvgIpc) is 3.13. The van der Waals surface area contributed by atoms with E-state index in [0.29, 0.717) is 34.4 Å². The summed E-state index contributed by atoms with van der Waals surface area (Å²) >= 11 is 12.4. The normalized spacial score (nSPS) is 16.3. The Morgan fingerprint density at radius 2 is 2.00 bits per heavy atom. The third kappa shape index (κ3) is 2.39. The predicted octanol–water partition coefficient (Wildman–Crippen LogP) is 3.27. The molecule has 0 bridgehead atoms. The van der Waals surface area contributed by atoms with Gasteiger partial charge in [0.25, 0.3) is 0 Å². The summed E-state index contributed by atoms with van der Waals surface area (Å²) < 4.78 is 2.01. The number of pyridine rings is 1. The Balaban J connectivity index is 1.71. The number of hydrogen-bond donors (Lipinski definition) is 2. The van der Waals surface area contributed by atoms with Crippen LogP contribution in [0.2, 0.25) is 10.0 Å². The summed E-state index contributed by atoms with van der Waals surface area (Å²) in [5, 5.41) is 19.5.